The fourth-order valence-corrected chi connectivity index (χ4v) is 2.91. The van der Waals surface area contributed by atoms with Gasteiger partial charge in [0.15, 0.2) is 0 Å². The topological polar surface area (TPSA) is 29.5 Å². The molecule has 1 unspecified atom stereocenters. The Morgan fingerprint density at radius 3 is 2.63 bits per heavy atom. The van der Waals surface area contributed by atoms with Crippen molar-refractivity contribution in [2.45, 2.75) is 25.6 Å². The standard InChI is InChI=1S/C14H17Br2NO2/c1-14(2)9-17(8-12(7-15)19-14)13(18)10-3-5-11(16)6-4-10/h3-6,12H,7-9H2,1-2H3. The van der Waals surface area contributed by atoms with Crippen molar-refractivity contribution in [1.29, 1.82) is 0 Å². The van der Waals surface area contributed by atoms with Gasteiger partial charge in [0, 0.05) is 28.5 Å². The summed E-state index contributed by atoms with van der Waals surface area (Å²) in [5, 5.41) is 0.737. The second-order valence-corrected chi connectivity index (χ2v) is 6.91. The Labute approximate surface area is 130 Å². The van der Waals surface area contributed by atoms with Crippen LogP contribution in [0.2, 0.25) is 0 Å². The van der Waals surface area contributed by atoms with E-state index in [-0.39, 0.29) is 17.6 Å². The molecule has 0 aromatic heterocycles. The van der Waals surface area contributed by atoms with Gasteiger partial charge in [-0.1, -0.05) is 31.9 Å². The van der Waals surface area contributed by atoms with E-state index in [4.69, 9.17) is 4.74 Å². The fraction of sp³-hybridized carbons (Fsp3) is 0.500. The minimum atomic E-state index is -0.304. The molecule has 1 aliphatic heterocycles. The molecule has 19 heavy (non-hydrogen) atoms. The summed E-state index contributed by atoms with van der Waals surface area (Å²) in [5.41, 5.74) is 0.413. The highest BCUT2D eigenvalue weighted by Gasteiger charge is 2.35. The number of halogens is 2. The number of carbonyl (C=O) groups excluding carboxylic acids is 1. The van der Waals surface area contributed by atoms with Crippen LogP contribution in [-0.2, 0) is 4.74 Å². The van der Waals surface area contributed by atoms with Gasteiger partial charge in [0.1, 0.15) is 0 Å². The van der Waals surface area contributed by atoms with Gasteiger partial charge in [-0.2, -0.15) is 0 Å². The molecule has 1 amide bonds. The Hall–Kier alpha value is -0.390. The van der Waals surface area contributed by atoms with Crippen molar-refractivity contribution >= 4 is 37.8 Å². The zero-order valence-corrected chi connectivity index (χ0v) is 14.2. The van der Waals surface area contributed by atoms with Gasteiger partial charge in [-0.3, -0.25) is 4.79 Å². The Morgan fingerprint density at radius 1 is 1.42 bits per heavy atom. The third-order valence-electron chi connectivity index (χ3n) is 3.03. The van der Waals surface area contributed by atoms with Crippen molar-refractivity contribution in [3.63, 3.8) is 0 Å². The van der Waals surface area contributed by atoms with E-state index >= 15 is 0 Å². The van der Waals surface area contributed by atoms with Crippen LogP contribution in [0.1, 0.15) is 24.2 Å². The molecule has 2 rings (SSSR count). The van der Waals surface area contributed by atoms with Gasteiger partial charge in [0.05, 0.1) is 11.7 Å². The second kappa shape index (κ2) is 5.94. The maximum Gasteiger partial charge on any atom is 0.254 e. The second-order valence-electron chi connectivity index (χ2n) is 5.35. The SMILES string of the molecule is CC1(C)CN(C(=O)c2ccc(Br)cc2)CC(CBr)O1. The molecule has 1 aromatic rings. The van der Waals surface area contributed by atoms with Crippen LogP contribution >= 0.6 is 31.9 Å². The van der Waals surface area contributed by atoms with Crippen LogP contribution in [0, 0.1) is 0 Å². The molecule has 0 spiro atoms. The molecule has 1 saturated heterocycles. The molecular formula is C14H17Br2NO2. The van der Waals surface area contributed by atoms with Crippen LogP contribution in [0.3, 0.4) is 0 Å². The first-order chi connectivity index (χ1) is 8.91. The highest BCUT2D eigenvalue weighted by molar-refractivity contribution is 9.10. The lowest BCUT2D eigenvalue weighted by atomic mass is 10.0. The summed E-state index contributed by atoms with van der Waals surface area (Å²) in [4.78, 5) is 14.4. The lowest BCUT2D eigenvalue weighted by molar-refractivity contribution is -0.116. The average molecular weight is 391 g/mol. The third kappa shape index (κ3) is 3.80. The van der Waals surface area contributed by atoms with E-state index in [9.17, 15) is 4.79 Å². The number of rotatable bonds is 2. The molecule has 0 N–H and O–H groups in total. The molecule has 1 atom stereocenters. The van der Waals surface area contributed by atoms with E-state index in [2.05, 4.69) is 31.9 Å². The molecule has 1 fully saturated rings. The zero-order valence-electron chi connectivity index (χ0n) is 11.0. The summed E-state index contributed by atoms with van der Waals surface area (Å²) < 4.78 is 6.89. The molecule has 1 heterocycles. The highest BCUT2D eigenvalue weighted by atomic mass is 79.9. The summed E-state index contributed by atoms with van der Waals surface area (Å²) >= 11 is 6.81. The van der Waals surface area contributed by atoms with Gasteiger partial charge in [0.25, 0.3) is 5.91 Å². The van der Waals surface area contributed by atoms with Crippen molar-refractivity contribution < 1.29 is 9.53 Å². The van der Waals surface area contributed by atoms with Gasteiger partial charge in [0.2, 0.25) is 0 Å². The summed E-state index contributed by atoms with van der Waals surface area (Å²) in [7, 11) is 0. The van der Waals surface area contributed by atoms with E-state index in [1.807, 2.05) is 43.0 Å². The largest absolute Gasteiger partial charge is 0.368 e. The third-order valence-corrected chi connectivity index (χ3v) is 4.28. The number of alkyl halides is 1. The Kier molecular flexibility index (Phi) is 4.69. The number of nitrogens with zero attached hydrogens (tertiary/aromatic N) is 1. The molecule has 1 aliphatic rings. The predicted molar refractivity (Wildman–Crippen MR) is 82.8 cm³/mol. The average Bonchev–Trinajstić information content (AvgIpc) is 2.37. The van der Waals surface area contributed by atoms with Gasteiger partial charge in [-0.15, -0.1) is 0 Å². The number of amides is 1. The van der Waals surface area contributed by atoms with Crippen LogP contribution < -0.4 is 0 Å². The van der Waals surface area contributed by atoms with E-state index in [0.717, 1.165) is 9.80 Å². The molecule has 104 valence electrons. The summed E-state index contributed by atoms with van der Waals surface area (Å²) in [6, 6.07) is 7.47. The van der Waals surface area contributed by atoms with Gasteiger partial charge >= 0.3 is 0 Å². The zero-order chi connectivity index (χ0) is 14.0. The summed E-state index contributed by atoms with van der Waals surface area (Å²) in [6.45, 7) is 5.28. The predicted octanol–water partition coefficient (Wildman–Crippen LogP) is 3.46. The van der Waals surface area contributed by atoms with Crippen LogP contribution in [0.25, 0.3) is 0 Å². The van der Waals surface area contributed by atoms with Crippen molar-refractivity contribution in [1.82, 2.24) is 4.90 Å². The number of hydrogen-bond donors (Lipinski definition) is 0. The highest BCUT2D eigenvalue weighted by Crippen LogP contribution is 2.23. The normalized spacial score (nSPS) is 22.3. The maximum atomic E-state index is 12.5. The smallest absolute Gasteiger partial charge is 0.254 e. The number of hydrogen-bond acceptors (Lipinski definition) is 2. The molecule has 1 aromatic carbocycles. The van der Waals surface area contributed by atoms with Gasteiger partial charge in [-0.05, 0) is 38.1 Å². The van der Waals surface area contributed by atoms with E-state index in [1.54, 1.807) is 0 Å². The van der Waals surface area contributed by atoms with Crippen LogP contribution in [0.15, 0.2) is 28.7 Å². The lowest BCUT2D eigenvalue weighted by Crippen LogP contribution is -2.55. The lowest BCUT2D eigenvalue weighted by Gasteiger charge is -2.42. The van der Waals surface area contributed by atoms with Crippen molar-refractivity contribution in [3.05, 3.63) is 34.3 Å². The van der Waals surface area contributed by atoms with Crippen molar-refractivity contribution in [2.24, 2.45) is 0 Å². The number of ether oxygens (including phenoxy) is 1. The summed E-state index contributed by atoms with van der Waals surface area (Å²) in [6.07, 6.45) is 0.0446. The number of benzene rings is 1. The first-order valence-corrected chi connectivity index (χ1v) is 8.11. The van der Waals surface area contributed by atoms with Crippen LogP contribution in [-0.4, -0.2) is 40.9 Å². The van der Waals surface area contributed by atoms with Crippen LogP contribution in [0.5, 0.6) is 0 Å². The van der Waals surface area contributed by atoms with Gasteiger partial charge in [-0.25, -0.2) is 0 Å². The molecule has 5 heteroatoms. The van der Waals surface area contributed by atoms with Crippen LogP contribution in [0.4, 0.5) is 0 Å². The maximum absolute atomic E-state index is 12.5. The summed E-state index contributed by atoms with van der Waals surface area (Å²) in [5.74, 6) is 0.0647. The molecule has 3 nitrogen and oxygen atoms in total. The quantitative estimate of drug-likeness (QED) is 0.723. The van der Waals surface area contributed by atoms with Gasteiger partial charge < -0.3 is 9.64 Å². The Morgan fingerprint density at radius 2 is 2.05 bits per heavy atom. The minimum Gasteiger partial charge on any atom is -0.368 e. The van der Waals surface area contributed by atoms with E-state index in [1.165, 1.54) is 0 Å². The molecular weight excluding hydrogens is 374 g/mol. The minimum absolute atomic E-state index is 0.0446. The fourth-order valence-electron chi connectivity index (χ4n) is 2.31. The number of carbonyl (C=O) groups is 1. The number of morpholine rings is 1. The Bertz CT molecular complexity index is 459. The molecule has 0 radical (unpaired) electrons. The first kappa shape index (κ1) is 15.0. The first-order valence-electron chi connectivity index (χ1n) is 6.20. The van der Waals surface area contributed by atoms with Crippen molar-refractivity contribution in [3.8, 4) is 0 Å². The van der Waals surface area contributed by atoms with E-state index in [0.29, 0.717) is 18.7 Å². The molecule has 0 bridgehead atoms. The molecule has 0 saturated carbocycles. The monoisotopic (exact) mass is 389 g/mol. The molecule has 0 aliphatic carbocycles. The Balaban J connectivity index is 2.16. The van der Waals surface area contributed by atoms with Crippen molar-refractivity contribution in [2.75, 3.05) is 18.4 Å². The van der Waals surface area contributed by atoms with E-state index < -0.39 is 0 Å².